The van der Waals surface area contributed by atoms with Crippen molar-refractivity contribution in [1.29, 1.82) is 0 Å². The molecule has 0 aliphatic heterocycles. The van der Waals surface area contributed by atoms with Gasteiger partial charge in [0.15, 0.2) is 0 Å². The summed E-state index contributed by atoms with van der Waals surface area (Å²) in [4.78, 5) is 22.5. The number of aliphatic hydroxyl groups excluding tert-OH is 4. The molecule has 2 atom stereocenters. The maximum absolute atomic E-state index is 11.3. The predicted octanol–water partition coefficient (Wildman–Crippen LogP) is -4.33. The summed E-state index contributed by atoms with van der Waals surface area (Å²) in [5.74, 6) is -3.10. The molecule has 0 unspecified atom stereocenters. The number of aliphatic hydroxyl groups is 4. The number of rotatable bonds is 12. The fraction of sp³-hybridized carbons (Fsp3) is 0.875. The summed E-state index contributed by atoms with van der Waals surface area (Å²) >= 11 is 0. The van der Waals surface area contributed by atoms with Gasteiger partial charge in [-0.25, -0.2) is 16.8 Å². The number of hydrogen-bond donors (Lipinski definition) is 6. The van der Waals surface area contributed by atoms with Crippen molar-refractivity contribution < 1.29 is 56.0 Å². The van der Waals surface area contributed by atoms with Crippen molar-refractivity contribution in [3.63, 3.8) is 0 Å². The minimum atomic E-state index is -4.38. The van der Waals surface area contributed by atoms with Gasteiger partial charge in [0.1, 0.15) is 12.2 Å². The van der Waals surface area contributed by atoms with E-state index in [1.807, 2.05) is 0 Å². The maximum atomic E-state index is 11.3. The molecule has 0 aromatic carbocycles. The summed E-state index contributed by atoms with van der Waals surface area (Å²) in [5, 5.41) is 40.9. The second-order valence-corrected chi connectivity index (χ2v) is 11.3. The molecule has 0 bridgehead atoms. The van der Waals surface area contributed by atoms with E-state index in [2.05, 4.69) is 10.6 Å². The van der Waals surface area contributed by atoms with Gasteiger partial charge in [0.25, 0.3) is 0 Å². The molecule has 0 heterocycles. The Hall–Kier alpha value is -0.140. The Bertz CT molecular complexity index is 747. The van der Waals surface area contributed by atoms with Crippen LogP contribution in [0.3, 0.4) is 0 Å². The van der Waals surface area contributed by atoms with E-state index in [0.717, 1.165) is 0 Å². The fourth-order valence-electron chi connectivity index (χ4n) is 1.67. The van der Waals surface area contributed by atoms with Crippen LogP contribution in [0.2, 0.25) is 0 Å². The Kier molecular flexibility index (Phi) is 17.9. The zero-order chi connectivity index (χ0) is 26.0. The summed E-state index contributed by atoms with van der Waals surface area (Å²) in [6.07, 6.45) is -2.93. The molecule has 0 aromatic heterocycles. The number of carbonyl (C=O) groups is 2. The normalized spacial score (nSPS) is 14.1. The molecule has 0 fully saturated rings. The zero-order valence-corrected chi connectivity index (χ0v) is 22.8. The molecule has 0 spiro atoms. The summed E-state index contributed by atoms with van der Waals surface area (Å²) in [6.45, 7) is 4.38. The molecule has 0 aromatic rings. The molecule has 0 saturated heterocycles. The van der Waals surface area contributed by atoms with Crippen LogP contribution >= 0.6 is 0 Å². The third-order valence-electron chi connectivity index (χ3n) is 4.09. The monoisotopic (exact) mass is 548 g/mol. The summed E-state index contributed by atoms with van der Waals surface area (Å²) in [7, 11) is -8.76. The Labute approximate surface area is 223 Å². The second-order valence-electron chi connectivity index (χ2n) is 8.20. The Morgan fingerprint density at radius 1 is 0.758 bits per heavy atom. The van der Waals surface area contributed by atoms with Gasteiger partial charge in [-0.2, -0.15) is 0 Å². The van der Waals surface area contributed by atoms with Crippen molar-refractivity contribution in [1.82, 2.24) is 10.6 Å². The minimum absolute atomic E-state index is 0. The summed E-state index contributed by atoms with van der Waals surface area (Å²) < 4.78 is 61.4. The molecular formula is C16H32CaN2O12S2. The van der Waals surface area contributed by atoms with E-state index in [-0.39, 0.29) is 50.8 Å². The van der Waals surface area contributed by atoms with Crippen LogP contribution < -0.4 is 10.6 Å². The number of nitrogens with one attached hydrogen (secondary N) is 2. The van der Waals surface area contributed by atoms with E-state index in [1.54, 1.807) is 0 Å². The molecule has 0 aliphatic carbocycles. The molecule has 0 rings (SSSR count). The van der Waals surface area contributed by atoms with Crippen LogP contribution in [-0.4, -0.2) is 146 Å². The van der Waals surface area contributed by atoms with Gasteiger partial charge < -0.3 is 40.2 Å². The van der Waals surface area contributed by atoms with Crippen LogP contribution in [-0.2, 0) is 29.8 Å². The third-order valence-corrected chi connectivity index (χ3v) is 5.50. The standard InChI is InChI=1S/2C8H17NO6S.Ca/c2*1-8(2,5-10)6(11)7(12)9-3-4-16(13,14)15;/h2*6,10-11H,3-5H2,1-2H3,(H,9,12)(H,13,14,15);/q;;+2/p-2/t2*6-;/m00./s1. The third kappa shape index (κ3) is 17.9. The number of carbonyl (C=O) groups excluding carboxylic acids is 2. The first-order valence-electron chi connectivity index (χ1n) is 9.20. The first-order chi connectivity index (χ1) is 14.2. The van der Waals surface area contributed by atoms with Crippen LogP contribution in [0.4, 0.5) is 0 Å². The van der Waals surface area contributed by atoms with Gasteiger partial charge in [0.05, 0.1) is 45.0 Å². The quantitative estimate of drug-likeness (QED) is 0.0999. The van der Waals surface area contributed by atoms with Crippen molar-refractivity contribution in [3.05, 3.63) is 0 Å². The molecule has 0 saturated carbocycles. The van der Waals surface area contributed by atoms with Crippen LogP contribution in [0.15, 0.2) is 0 Å². The number of hydrogen-bond acceptors (Lipinski definition) is 12. The van der Waals surface area contributed by atoms with Crippen molar-refractivity contribution >= 4 is 69.8 Å². The van der Waals surface area contributed by atoms with Crippen molar-refractivity contribution in [2.45, 2.75) is 39.9 Å². The zero-order valence-electron chi connectivity index (χ0n) is 19.0. The van der Waals surface area contributed by atoms with E-state index in [1.165, 1.54) is 27.7 Å². The molecule has 33 heavy (non-hydrogen) atoms. The van der Waals surface area contributed by atoms with Gasteiger partial charge >= 0.3 is 37.7 Å². The van der Waals surface area contributed by atoms with Gasteiger partial charge in [-0.05, 0) is 0 Å². The number of amides is 2. The largest absolute Gasteiger partial charge is 2.00 e. The van der Waals surface area contributed by atoms with E-state index < -0.39 is 79.8 Å². The molecule has 14 nitrogen and oxygen atoms in total. The second kappa shape index (κ2) is 15.8. The van der Waals surface area contributed by atoms with E-state index in [0.29, 0.717) is 0 Å². The molecule has 0 aliphatic rings. The molecule has 2 amide bonds. The smallest absolute Gasteiger partial charge is 0.748 e. The van der Waals surface area contributed by atoms with Crippen molar-refractivity contribution in [2.24, 2.45) is 10.8 Å². The van der Waals surface area contributed by atoms with Crippen LogP contribution in [0.1, 0.15) is 27.7 Å². The van der Waals surface area contributed by atoms with Crippen molar-refractivity contribution in [3.8, 4) is 0 Å². The van der Waals surface area contributed by atoms with Crippen LogP contribution in [0.5, 0.6) is 0 Å². The molecule has 0 radical (unpaired) electrons. The molecule has 192 valence electrons. The first kappa shape index (κ1) is 37.4. The van der Waals surface area contributed by atoms with Crippen LogP contribution in [0.25, 0.3) is 0 Å². The van der Waals surface area contributed by atoms with Gasteiger partial charge in [0.2, 0.25) is 11.8 Å². The minimum Gasteiger partial charge on any atom is -0.748 e. The fourth-order valence-corrected chi connectivity index (χ4v) is 2.38. The van der Waals surface area contributed by atoms with Gasteiger partial charge in [0, 0.05) is 23.9 Å². The van der Waals surface area contributed by atoms with Crippen LogP contribution in [0, 0.1) is 10.8 Å². The average Bonchev–Trinajstić information content (AvgIpc) is 2.64. The van der Waals surface area contributed by atoms with E-state index in [4.69, 9.17) is 10.2 Å². The van der Waals surface area contributed by atoms with E-state index in [9.17, 15) is 45.7 Å². The molecular weight excluding hydrogens is 516 g/mol. The Morgan fingerprint density at radius 3 is 1.18 bits per heavy atom. The van der Waals surface area contributed by atoms with Crippen molar-refractivity contribution in [2.75, 3.05) is 37.8 Å². The van der Waals surface area contributed by atoms with Gasteiger partial charge in [-0.1, -0.05) is 27.7 Å². The summed E-state index contributed by atoms with van der Waals surface area (Å²) in [5.41, 5.74) is -2.05. The SMILES string of the molecule is CC(C)(CO)[C@@H](O)C(=O)NCCS(=O)(=O)[O-].CC(C)(CO)[C@@H](O)C(=O)NCCS(=O)(=O)[O-].[Ca+2]. The topological polar surface area (TPSA) is 254 Å². The first-order valence-corrected chi connectivity index (χ1v) is 12.4. The maximum Gasteiger partial charge on any atom is 2.00 e. The van der Waals surface area contributed by atoms with E-state index >= 15 is 0 Å². The molecule has 17 heteroatoms. The predicted molar refractivity (Wildman–Crippen MR) is 115 cm³/mol. The average molecular weight is 549 g/mol. The molecule has 6 N–H and O–H groups in total. The summed E-state index contributed by atoms with van der Waals surface area (Å²) in [6, 6.07) is 0. The Morgan fingerprint density at radius 2 is 1.00 bits per heavy atom. The van der Waals surface area contributed by atoms with Gasteiger partial charge in [-0.15, -0.1) is 0 Å². The van der Waals surface area contributed by atoms with Gasteiger partial charge in [-0.3, -0.25) is 9.59 Å². The Balaban J connectivity index is -0.000000529.